The normalized spacial score (nSPS) is 15.4. The summed E-state index contributed by atoms with van der Waals surface area (Å²) < 4.78 is 32.3. The Hall–Kier alpha value is -6.35. The van der Waals surface area contributed by atoms with Crippen LogP contribution in [0.5, 0.6) is 23.0 Å². The predicted molar refractivity (Wildman–Crippen MR) is 223 cm³/mol. The van der Waals surface area contributed by atoms with E-state index in [9.17, 15) is 0 Å². The van der Waals surface area contributed by atoms with Gasteiger partial charge in [0.05, 0.1) is 27.3 Å². The number of aromatic nitrogens is 1. The molecule has 258 valence electrons. The van der Waals surface area contributed by atoms with Gasteiger partial charge in [-0.2, -0.15) is 0 Å². The van der Waals surface area contributed by atoms with Crippen LogP contribution in [0, 0.1) is 6.92 Å². The van der Waals surface area contributed by atoms with Gasteiger partial charge in [0.25, 0.3) is 0 Å². The molecule has 0 spiro atoms. The number of para-hydroxylation sites is 1. The monoisotopic (exact) mass is 715 g/mol. The van der Waals surface area contributed by atoms with E-state index in [0.717, 1.165) is 45.4 Å². The van der Waals surface area contributed by atoms with Crippen molar-refractivity contribution in [3.63, 3.8) is 0 Å². The van der Waals surface area contributed by atoms with Gasteiger partial charge in [-0.1, -0.05) is 116 Å². The molecular formula is C49H34NO3P. The van der Waals surface area contributed by atoms with Gasteiger partial charge in [-0.3, -0.25) is 0 Å². The van der Waals surface area contributed by atoms with Gasteiger partial charge in [0, 0.05) is 22.9 Å². The lowest BCUT2D eigenvalue weighted by atomic mass is 9.98. The number of nitrogens with zero attached hydrogens (tertiary/aromatic N) is 1. The predicted octanol–water partition coefficient (Wildman–Crippen LogP) is 12.0. The van der Waals surface area contributed by atoms with Gasteiger partial charge in [0.1, 0.15) is 28.3 Å². The van der Waals surface area contributed by atoms with Crippen molar-refractivity contribution in [2.75, 3.05) is 0 Å². The molecule has 3 heterocycles. The Bertz CT molecular complexity index is 3100. The Labute approximate surface area is 313 Å². The van der Waals surface area contributed by atoms with Crippen molar-refractivity contribution < 1.29 is 14.0 Å². The topological polar surface area (TPSA) is 40.5 Å². The van der Waals surface area contributed by atoms with Crippen molar-refractivity contribution in [1.82, 2.24) is 4.57 Å². The first kappa shape index (κ1) is 31.2. The first-order chi connectivity index (χ1) is 26.5. The minimum Gasteiger partial charge on any atom is -0.455 e. The van der Waals surface area contributed by atoms with Crippen LogP contribution in [0.25, 0.3) is 60.5 Å². The zero-order valence-corrected chi connectivity index (χ0v) is 30.7. The van der Waals surface area contributed by atoms with Gasteiger partial charge >= 0.3 is 0 Å². The molecule has 9 aromatic rings. The molecular weight excluding hydrogens is 682 g/mol. The van der Waals surface area contributed by atoms with Crippen LogP contribution in [0.2, 0.25) is 0 Å². The summed E-state index contributed by atoms with van der Waals surface area (Å²) in [5.41, 5.74) is 9.78. The zero-order chi connectivity index (χ0) is 36.1. The van der Waals surface area contributed by atoms with Crippen molar-refractivity contribution in [3.8, 4) is 50.9 Å². The van der Waals surface area contributed by atoms with Crippen LogP contribution >= 0.6 is 7.14 Å². The highest BCUT2D eigenvalue weighted by Crippen LogP contribution is 2.59. The second kappa shape index (κ2) is 11.6. The van der Waals surface area contributed by atoms with Crippen LogP contribution in [0.4, 0.5) is 0 Å². The molecule has 1 unspecified atom stereocenters. The molecule has 4 nitrogen and oxygen atoms in total. The fraction of sp³-hybridized carbons (Fsp3) is 0.0612. The maximum absolute atomic E-state index is 16.2. The van der Waals surface area contributed by atoms with Gasteiger partial charge in [-0.05, 0) is 93.9 Å². The second-order valence-electron chi connectivity index (χ2n) is 14.3. The van der Waals surface area contributed by atoms with Gasteiger partial charge in [0.2, 0.25) is 0 Å². The molecule has 1 aromatic heterocycles. The Balaban J connectivity index is 1.19. The highest BCUT2D eigenvalue weighted by atomic mass is 31.2. The Morgan fingerprint density at radius 3 is 1.89 bits per heavy atom. The molecule has 0 saturated heterocycles. The molecule has 11 rings (SSSR count). The third-order valence-electron chi connectivity index (χ3n) is 11.4. The van der Waals surface area contributed by atoms with Crippen molar-refractivity contribution in [1.29, 1.82) is 0 Å². The van der Waals surface area contributed by atoms with Crippen LogP contribution in [0.3, 0.4) is 0 Å². The third kappa shape index (κ3) is 4.35. The van der Waals surface area contributed by atoms with E-state index in [4.69, 9.17) is 9.47 Å². The molecule has 0 aliphatic carbocycles. The fourth-order valence-corrected chi connectivity index (χ4v) is 11.8. The number of fused-ring (bicyclic) bond motifs is 9. The molecule has 0 fully saturated rings. The lowest BCUT2D eigenvalue weighted by Crippen LogP contribution is -2.35. The third-order valence-corrected chi connectivity index (χ3v) is 14.5. The summed E-state index contributed by atoms with van der Waals surface area (Å²) in [5.74, 6) is 2.33. The molecule has 54 heavy (non-hydrogen) atoms. The Kier molecular flexibility index (Phi) is 6.69. The Morgan fingerprint density at radius 2 is 1.17 bits per heavy atom. The molecule has 0 amide bonds. The minimum atomic E-state index is -3.45. The molecule has 0 radical (unpaired) electrons. The maximum Gasteiger partial charge on any atom is 0.185 e. The lowest BCUT2D eigenvalue weighted by molar-refractivity contribution is 0.461. The summed E-state index contributed by atoms with van der Waals surface area (Å²) in [6.45, 7) is 4.29. The zero-order valence-electron chi connectivity index (χ0n) is 29.8. The van der Waals surface area contributed by atoms with Crippen LogP contribution in [-0.4, -0.2) is 4.57 Å². The van der Waals surface area contributed by atoms with E-state index in [0.29, 0.717) is 38.9 Å². The summed E-state index contributed by atoms with van der Waals surface area (Å²) in [4.78, 5) is 0. The van der Waals surface area contributed by atoms with Gasteiger partial charge < -0.3 is 18.6 Å². The highest BCUT2D eigenvalue weighted by molar-refractivity contribution is 7.86. The first-order valence-corrected chi connectivity index (χ1v) is 20.2. The fourth-order valence-electron chi connectivity index (χ4n) is 8.84. The van der Waals surface area contributed by atoms with E-state index in [-0.39, 0.29) is 0 Å². The number of benzene rings is 8. The average Bonchev–Trinajstić information content (AvgIpc) is 3.55. The molecule has 0 N–H and O–H groups in total. The summed E-state index contributed by atoms with van der Waals surface area (Å²) >= 11 is 0. The van der Waals surface area contributed by atoms with Crippen LogP contribution in [0.15, 0.2) is 158 Å². The van der Waals surface area contributed by atoms with Crippen molar-refractivity contribution >= 4 is 55.6 Å². The van der Waals surface area contributed by atoms with Gasteiger partial charge in [-0.15, -0.1) is 0 Å². The van der Waals surface area contributed by atoms with Crippen molar-refractivity contribution in [3.05, 3.63) is 169 Å². The molecule has 1 atom stereocenters. The summed E-state index contributed by atoms with van der Waals surface area (Å²) in [6.07, 6.45) is 0.907. The number of hydrogen-bond acceptors (Lipinski definition) is 3. The van der Waals surface area contributed by atoms with Crippen LogP contribution in [0.1, 0.15) is 18.1 Å². The Morgan fingerprint density at radius 1 is 0.556 bits per heavy atom. The van der Waals surface area contributed by atoms with E-state index in [1.807, 2.05) is 12.1 Å². The number of rotatable bonds is 4. The molecule has 5 heteroatoms. The molecule has 0 saturated carbocycles. The van der Waals surface area contributed by atoms with E-state index >= 15 is 4.57 Å². The smallest absolute Gasteiger partial charge is 0.185 e. The lowest BCUT2D eigenvalue weighted by Gasteiger charge is -2.35. The summed E-state index contributed by atoms with van der Waals surface area (Å²) in [5, 5.41) is 6.75. The van der Waals surface area contributed by atoms with Gasteiger partial charge in [0.15, 0.2) is 7.14 Å². The summed E-state index contributed by atoms with van der Waals surface area (Å²) in [6, 6.07) is 54.7. The van der Waals surface area contributed by atoms with Crippen molar-refractivity contribution in [2.45, 2.75) is 20.3 Å². The van der Waals surface area contributed by atoms with E-state index in [1.165, 1.54) is 32.7 Å². The quantitative estimate of drug-likeness (QED) is 0.170. The number of aryl methyl sites for hydroxylation is 2. The second-order valence-corrected chi connectivity index (χ2v) is 17.0. The minimum absolute atomic E-state index is 0.554. The number of ether oxygens (including phenoxy) is 2. The maximum atomic E-state index is 16.2. The standard InChI is InChI=1S/C49H34NO3P/c1-3-31-13-5-8-16-37(31)34-22-25-47-43(27-34)53-45-29-35(50-40-19-11-10-18-39(40)48-38-17-9-6-14-32(38)20-23-41(48)50)28-44-49(45)54(47,51)46-24-21-33(26-42(46)52-44)36-15-7-4-12-30(36)2/h4-29H,3H2,1-2H3. The molecule has 8 aromatic carbocycles. The van der Waals surface area contributed by atoms with Crippen LogP contribution < -0.4 is 25.4 Å². The van der Waals surface area contributed by atoms with E-state index in [2.05, 4.69) is 164 Å². The highest BCUT2D eigenvalue weighted by Gasteiger charge is 2.47. The first-order valence-electron chi connectivity index (χ1n) is 18.5. The van der Waals surface area contributed by atoms with Gasteiger partial charge in [-0.25, -0.2) is 0 Å². The molecule has 2 aliphatic rings. The molecule has 2 aliphatic heterocycles. The van der Waals surface area contributed by atoms with Crippen LogP contribution in [-0.2, 0) is 11.0 Å². The van der Waals surface area contributed by atoms with E-state index < -0.39 is 7.14 Å². The van der Waals surface area contributed by atoms with Crippen molar-refractivity contribution in [2.24, 2.45) is 0 Å². The average molecular weight is 716 g/mol. The largest absolute Gasteiger partial charge is 0.455 e. The van der Waals surface area contributed by atoms with E-state index in [1.54, 1.807) is 0 Å². The summed E-state index contributed by atoms with van der Waals surface area (Å²) in [7, 11) is -3.45. The SMILES string of the molecule is CCc1ccccc1-c1ccc2c(c1)Oc1cc(-n3c4ccccc4c4c5ccccc5ccc43)cc3c1P2(=O)c1ccc(-c2ccccc2C)cc1O3. The molecule has 0 bridgehead atoms. The number of hydrogen-bond donors (Lipinski definition) is 0.